The predicted octanol–water partition coefficient (Wildman–Crippen LogP) is 1.15. The topological polar surface area (TPSA) is 90.0 Å². The standard InChI is InChI=1S/C11H14N4O2S/c1-15-7-8(6-13-15)14-9-4-3-5-10(11(9)12)18(2,16)17/h3-7,14H,12H2,1-2H3. The van der Waals surface area contributed by atoms with Crippen LogP contribution in [0.2, 0.25) is 0 Å². The lowest BCUT2D eigenvalue weighted by Crippen LogP contribution is -2.05. The molecule has 3 N–H and O–H groups in total. The molecule has 0 saturated heterocycles. The van der Waals surface area contributed by atoms with Crippen LogP contribution in [0.4, 0.5) is 17.1 Å². The SMILES string of the molecule is Cn1cc(Nc2cccc(S(C)(=O)=O)c2N)cn1. The van der Waals surface area contributed by atoms with Crippen LogP contribution in [0.25, 0.3) is 0 Å². The Morgan fingerprint density at radius 2 is 2.11 bits per heavy atom. The quantitative estimate of drug-likeness (QED) is 0.813. The van der Waals surface area contributed by atoms with E-state index in [9.17, 15) is 8.42 Å². The summed E-state index contributed by atoms with van der Waals surface area (Å²) in [5.41, 5.74) is 7.36. The van der Waals surface area contributed by atoms with Crippen molar-refractivity contribution in [1.82, 2.24) is 9.78 Å². The van der Waals surface area contributed by atoms with Crippen molar-refractivity contribution in [3.8, 4) is 0 Å². The van der Waals surface area contributed by atoms with Gasteiger partial charge in [-0.2, -0.15) is 5.10 Å². The fourth-order valence-corrected chi connectivity index (χ4v) is 2.45. The van der Waals surface area contributed by atoms with Crippen LogP contribution in [-0.4, -0.2) is 24.5 Å². The zero-order chi connectivity index (χ0) is 13.3. The second-order valence-electron chi connectivity index (χ2n) is 4.02. The first-order valence-electron chi connectivity index (χ1n) is 5.22. The van der Waals surface area contributed by atoms with Gasteiger partial charge in [-0.3, -0.25) is 4.68 Å². The van der Waals surface area contributed by atoms with E-state index in [4.69, 9.17) is 5.73 Å². The number of nitrogens with zero attached hydrogens (tertiary/aromatic N) is 2. The van der Waals surface area contributed by atoms with Gasteiger partial charge in [0.1, 0.15) is 0 Å². The van der Waals surface area contributed by atoms with Crippen molar-refractivity contribution < 1.29 is 8.42 Å². The van der Waals surface area contributed by atoms with Crippen LogP contribution in [0.15, 0.2) is 35.5 Å². The average molecular weight is 266 g/mol. The van der Waals surface area contributed by atoms with E-state index < -0.39 is 9.84 Å². The van der Waals surface area contributed by atoms with Gasteiger partial charge >= 0.3 is 0 Å². The Labute approximate surface area is 105 Å². The maximum atomic E-state index is 11.5. The molecule has 2 aromatic rings. The van der Waals surface area contributed by atoms with Crippen molar-refractivity contribution >= 4 is 26.9 Å². The third kappa shape index (κ3) is 2.45. The first-order chi connectivity index (χ1) is 8.38. The number of benzene rings is 1. The summed E-state index contributed by atoms with van der Waals surface area (Å²) in [6.07, 6.45) is 4.53. The molecule has 0 bridgehead atoms. The zero-order valence-electron chi connectivity index (χ0n) is 10.1. The third-order valence-electron chi connectivity index (χ3n) is 2.45. The van der Waals surface area contributed by atoms with Gasteiger partial charge in [0.05, 0.1) is 28.2 Å². The third-order valence-corrected chi connectivity index (χ3v) is 3.60. The minimum Gasteiger partial charge on any atom is -0.396 e. The molecule has 18 heavy (non-hydrogen) atoms. The molecule has 0 unspecified atom stereocenters. The van der Waals surface area contributed by atoms with Gasteiger partial charge in [0.2, 0.25) is 0 Å². The number of aryl methyl sites for hydroxylation is 1. The van der Waals surface area contributed by atoms with Crippen LogP contribution in [-0.2, 0) is 16.9 Å². The molecule has 96 valence electrons. The number of hydrogen-bond acceptors (Lipinski definition) is 5. The Morgan fingerprint density at radius 3 is 2.67 bits per heavy atom. The van der Waals surface area contributed by atoms with E-state index in [1.807, 2.05) is 0 Å². The molecule has 0 amide bonds. The highest BCUT2D eigenvalue weighted by Gasteiger charge is 2.14. The number of aromatic nitrogens is 2. The molecule has 0 aliphatic heterocycles. The van der Waals surface area contributed by atoms with Gasteiger partial charge in [0.15, 0.2) is 9.84 Å². The van der Waals surface area contributed by atoms with Crippen molar-refractivity contribution in [3.63, 3.8) is 0 Å². The summed E-state index contributed by atoms with van der Waals surface area (Å²) in [6, 6.07) is 4.85. The monoisotopic (exact) mass is 266 g/mol. The molecule has 0 radical (unpaired) electrons. The lowest BCUT2D eigenvalue weighted by Gasteiger charge is -2.10. The lowest BCUT2D eigenvalue weighted by atomic mass is 10.2. The first-order valence-corrected chi connectivity index (χ1v) is 7.11. The Balaban J connectivity index is 2.41. The number of para-hydroxylation sites is 1. The highest BCUT2D eigenvalue weighted by atomic mass is 32.2. The van der Waals surface area contributed by atoms with Gasteiger partial charge in [0.25, 0.3) is 0 Å². The molecule has 0 aliphatic carbocycles. The lowest BCUT2D eigenvalue weighted by molar-refractivity contribution is 0.602. The summed E-state index contributed by atoms with van der Waals surface area (Å²) >= 11 is 0. The van der Waals surface area contributed by atoms with Crippen LogP contribution >= 0.6 is 0 Å². The highest BCUT2D eigenvalue weighted by Crippen LogP contribution is 2.28. The fourth-order valence-electron chi connectivity index (χ4n) is 1.62. The maximum Gasteiger partial charge on any atom is 0.177 e. The van der Waals surface area contributed by atoms with Crippen LogP contribution in [0.1, 0.15) is 0 Å². The Morgan fingerprint density at radius 1 is 1.39 bits per heavy atom. The van der Waals surface area contributed by atoms with E-state index in [0.29, 0.717) is 5.69 Å². The summed E-state index contributed by atoms with van der Waals surface area (Å²) in [5.74, 6) is 0. The van der Waals surface area contributed by atoms with Gasteiger partial charge in [-0.15, -0.1) is 0 Å². The van der Waals surface area contributed by atoms with E-state index in [2.05, 4.69) is 10.4 Å². The first kappa shape index (κ1) is 12.4. The summed E-state index contributed by atoms with van der Waals surface area (Å²) in [6.45, 7) is 0. The normalized spacial score (nSPS) is 11.4. The Kier molecular flexibility index (Phi) is 3.00. The van der Waals surface area contributed by atoms with E-state index in [1.54, 1.807) is 36.3 Å². The fraction of sp³-hybridized carbons (Fsp3) is 0.182. The number of nitrogens with two attached hydrogens (primary N) is 1. The summed E-state index contributed by atoms with van der Waals surface area (Å²) in [5, 5.41) is 7.04. The second kappa shape index (κ2) is 4.34. The smallest absolute Gasteiger partial charge is 0.177 e. The molecule has 6 nitrogen and oxygen atoms in total. The summed E-state index contributed by atoms with van der Waals surface area (Å²) in [4.78, 5) is 0.122. The van der Waals surface area contributed by atoms with Crippen molar-refractivity contribution in [2.45, 2.75) is 4.90 Å². The largest absolute Gasteiger partial charge is 0.396 e. The summed E-state index contributed by atoms with van der Waals surface area (Å²) in [7, 11) is -1.54. The van der Waals surface area contributed by atoms with E-state index in [-0.39, 0.29) is 10.6 Å². The molecule has 0 aliphatic rings. The number of anilines is 3. The number of nitrogen functional groups attached to an aromatic ring is 1. The van der Waals surface area contributed by atoms with Gasteiger partial charge in [-0.25, -0.2) is 8.42 Å². The van der Waals surface area contributed by atoms with Gasteiger partial charge in [-0.05, 0) is 12.1 Å². The maximum absolute atomic E-state index is 11.5. The minimum absolute atomic E-state index is 0.122. The van der Waals surface area contributed by atoms with Crippen molar-refractivity contribution in [3.05, 3.63) is 30.6 Å². The molecular formula is C11H14N4O2S. The van der Waals surface area contributed by atoms with E-state index >= 15 is 0 Å². The molecule has 0 saturated carbocycles. The molecule has 1 aromatic carbocycles. The zero-order valence-corrected chi connectivity index (χ0v) is 10.9. The molecule has 7 heteroatoms. The highest BCUT2D eigenvalue weighted by molar-refractivity contribution is 7.90. The van der Waals surface area contributed by atoms with Crippen LogP contribution < -0.4 is 11.1 Å². The van der Waals surface area contributed by atoms with Crippen LogP contribution in [0.5, 0.6) is 0 Å². The number of nitrogens with one attached hydrogen (secondary N) is 1. The Hall–Kier alpha value is -2.02. The van der Waals surface area contributed by atoms with Crippen LogP contribution in [0, 0.1) is 0 Å². The molecule has 0 fully saturated rings. The minimum atomic E-state index is -3.33. The molecule has 1 aromatic heterocycles. The second-order valence-corrected chi connectivity index (χ2v) is 6.00. The van der Waals surface area contributed by atoms with E-state index in [1.165, 1.54) is 6.07 Å². The van der Waals surface area contributed by atoms with Crippen molar-refractivity contribution in [1.29, 1.82) is 0 Å². The van der Waals surface area contributed by atoms with Gasteiger partial charge < -0.3 is 11.1 Å². The Bertz CT molecular complexity index is 676. The van der Waals surface area contributed by atoms with E-state index in [0.717, 1.165) is 11.9 Å². The number of hydrogen-bond donors (Lipinski definition) is 2. The average Bonchev–Trinajstić information content (AvgIpc) is 2.65. The van der Waals surface area contributed by atoms with Gasteiger partial charge in [0, 0.05) is 19.5 Å². The molecule has 0 spiro atoms. The molecule has 0 atom stereocenters. The molecule has 1 heterocycles. The number of sulfone groups is 1. The van der Waals surface area contributed by atoms with Crippen LogP contribution in [0.3, 0.4) is 0 Å². The molecular weight excluding hydrogens is 252 g/mol. The molecule has 2 rings (SSSR count). The summed E-state index contributed by atoms with van der Waals surface area (Å²) < 4.78 is 24.7. The van der Waals surface area contributed by atoms with Gasteiger partial charge in [-0.1, -0.05) is 6.07 Å². The van der Waals surface area contributed by atoms with Crippen molar-refractivity contribution in [2.24, 2.45) is 7.05 Å². The predicted molar refractivity (Wildman–Crippen MR) is 70.5 cm³/mol. The van der Waals surface area contributed by atoms with Crippen molar-refractivity contribution in [2.75, 3.05) is 17.3 Å². The number of rotatable bonds is 3.